The Morgan fingerprint density at radius 1 is 1.22 bits per heavy atom. The minimum absolute atomic E-state index is 0.786. The molecule has 18 heavy (non-hydrogen) atoms. The van der Waals surface area contributed by atoms with Gasteiger partial charge in [0.2, 0.25) is 0 Å². The lowest BCUT2D eigenvalue weighted by Crippen LogP contribution is -2.44. The van der Waals surface area contributed by atoms with Crippen molar-refractivity contribution in [3.8, 4) is 0 Å². The van der Waals surface area contributed by atoms with Crippen molar-refractivity contribution in [1.29, 1.82) is 0 Å². The molecule has 2 rings (SSSR count). The molecule has 4 heteroatoms. The van der Waals surface area contributed by atoms with E-state index >= 15 is 0 Å². The Hall–Kier alpha value is 0.230. The molecule has 0 aliphatic carbocycles. The van der Waals surface area contributed by atoms with Crippen molar-refractivity contribution in [2.24, 2.45) is 5.92 Å². The standard InChI is InChI=1S/C14H28N2OS/c1-13(4-11-18)2-5-15-6-3-14(12-15)16-7-9-17-10-8-16/h13-14,18H,2-12H2,1H3. The first kappa shape index (κ1) is 14.6. The summed E-state index contributed by atoms with van der Waals surface area (Å²) in [6, 6.07) is 0.786. The number of ether oxygens (including phenoxy) is 1. The van der Waals surface area contributed by atoms with Crippen LogP contribution in [0.25, 0.3) is 0 Å². The zero-order valence-electron chi connectivity index (χ0n) is 11.7. The first-order chi connectivity index (χ1) is 8.79. The van der Waals surface area contributed by atoms with Crippen LogP contribution < -0.4 is 0 Å². The molecule has 0 aromatic carbocycles. The highest BCUT2D eigenvalue weighted by Crippen LogP contribution is 2.18. The molecule has 2 heterocycles. The fourth-order valence-electron chi connectivity index (χ4n) is 3.02. The zero-order chi connectivity index (χ0) is 12.8. The van der Waals surface area contributed by atoms with Gasteiger partial charge in [0.25, 0.3) is 0 Å². The maximum absolute atomic E-state index is 5.43. The van der Waals surface area contributed by atoms with Crippen LogP contribution in [-0.2, 0) is 4.74 Å². The van der Waals surface area contributed by atoms with Crippen molar-refractivity contribution in [3.63, 3.8) is 0 Å². The molecule has 0 aromatic rings. The monoisotopic (exact) mass is 272 g/mol. The van der Waals surface area contributed by atoms with Gasteiger partial charge in [-0.3, -0.25) is 4.90 Å². The number of hydrogen-bond donors (Lipinski definition) is 1. The average molecular weight is 272 g/mol. The highest BCUT2D eigenvalue weighted by atomic mass is 32.1. The maximum atomic E-state index is 5.43. The van der Waals surface area contributed by atoms with Crippen LogP contribution in [0.2, 0.25) is 0 Å². The molecule has 0 spiro atoms. The van der Waals surface area contributed by atoms with Crippen LogP contribution in [0.3, 0.4) is 0 Å². The number of rotatable bonds is 6. The predicted octanol–water partition coefficient (Wildman–Crippen LogP) is 1.74. The number of nitrogens with zero attached hydrogens (tertiary/aromatic N) is 2. The van der Waals surface area contributed by atoms with E-state index in [1.807, 2.05) is 0 Å². The largest absolute Gasteiger partial charge is 0.379 e. The van der Waals surface area contributed by atoms with Gasteiger partial charge in [-0.25, -0.2) is 0 Å². The summed E-state index contributed by atoms with van der Waals surface area (Å²) in [5.41, 5.74) is 0. The first-order valence-corrected chi connectivity index (χ1v) is 8.08. The topological polar surface area (TPSA) is 15.7 Å². The van der Waals surface area contributed by atoms with Crippen molar-refractivity contribution >= 4 is 12.6 Å². The minimum atomic E-state index is 0.786. The van der Waals surface area contributed by atoms with Gasteiger partial charge < -0.3 is 9.64 Å². The van der Waals surface area contributed by atoms with Crippen molar-refractivity contribution < 1.29 is 4.74 Å². The Balaban J connectivity index is 1.64. The van der Waals surface area contributed by atoms with Crippen LogP contribution in [0.4, 0.5) is 0 Å². The normalized spacial score (nSPS) is 28.7. The molecule has 2 atom stereocenters. The summed E-state index contributed by atoms with van der Waals surface area (Å²) in [6.07, 6.45) is 3.93. The van der Waals surface area contributed by atoms with E-state index in [0.29, 0.717) is 0 Å². The van der Waals surface area contributed by atoms with Gasteiger partial charge in [0.1, 0.15) is 0 Å². The molecule has 2 aliphatic heterocycles. The lowest BCUT2D eigenvalue weighted by atomic mass is 10.1. The number of likely N-dealkylation sites (tertiary alicyclic amines) is 1. The summed E-state index contributed by atoms with van der Waals surface area (Å²) in [6.45, 7) is 10.3. The molecule has 0 radical (unpaired) electrons. The molecule has 3 nitrogen and oxygen atoms in total. The first-order valence-electron chi connectivity index (χ1n) is 7.44. The van der Waals surface area contributed by atoms with Gasteiger partial charge >= 0.3 is 0 Å². The molecule has 2 fully saturated rings. The van der Waals surface area contributed by atoms with Gasteiger partial charge in [-0.05, 0) is 44.0 Å². The molecule has 2 saturated heterocycles. The number of morpholine rings is 1. The van der Waals surface area contributed by atoms with E-state index in [1.54, 1.807) is 0 Å². The summed E-state index contributed by atoms with van der Waals surface area (Å²) in [7, 11) is 0. The Labute approximate surface area is 117 Å². The second kappa shape index (κ2) is 7.73. The van der Waals surface area contributed by atoms with Gasteiger partial charge in [0.05, 0.1) is 13.2 Å². The third-order valence-electron chi connectivity index (χ3n) is 4.37. The van der Waals surface area contributed by atoms with Crippen LogP contribution in [-0.4, -0.2) is 67.5 Å². The van der Waals surface area contributed by atoms with E-state index in [0.717, 1.165) is 44.0 Å². The SMILES string of the molecule is CC(CCS)CCN1CCC(N2CCOCC2)C1. The molecule has 0 saturated carbocycles. The summed E-state index contributed by atoms with van der Waals surface area (Å²) in [4.78, 5) is 5.27. The van der Waals surface area contributed by atoms with Gasteiger partial charge in [0, 0.05) is 25.7 Å². The second-order valence-electron chi connectivity index (χ2n) is 5.80. The van der Waals surface area contributed by atoms with E-state index in [-0.39, 0.29) is 0 Å². The van der Waals surface area contributed by atoms with E-state index in [2.05, 4.69) is 29.4 Å². The number of thiol groups is 1. The quantitative estimate of drug-likeness (QED) is 0.742. The molecule has 2 aliphatic rings. The lowest BCUT2D eigenvalue weighted by molar-refractivity contribution is 0.0184. The third kappa shape index (κ3) is 4.41. The van der Waals surface area contributed by atoms with Crippen LogP contribution in [0.15, 0.2) is 0 Å². The average Bonchev–Trinajstić information content (AvgIpc) is 2.87. The highest BCUT2D eigenvalue weighted by molar-refractivity contribution is 7.80. The smallest absolute Gasteiger partial charge is 0.0594 e. The minimum Gasteiger partial charge on any atom is -0.379 e. The molecule has 106 valence electrons. The molecular weight excluding hydrogens is 244 g/mol. The lowest BCUT2D eigenvalue weighted by Gasteiger charge is -2.32. The Morgan fingerprint density at radius 3 is 2.72 bits per heavy atom. The Morgan fingerprint density at radius 2 is 2.00 bits per heavy atom. The van der Waals surface area contributed by atoms with Crippen molar-refractivity contribution in [2.75, 3.05) is 51.7 Å². The fourth-order valence-corrected chi connectivity index (χ4v) is 3.46. The maximum Gasteiger partial charge on any atom is 0.0594 e. The molecule has 0 N–H and O–H groups in total. The van der Waals surface area contributed by atoms with Crippen molar-refractivity contribution in [2.45, 2.75) is 32.2 Å². The van der Waals surface area contributed by atoms with Gasteiger partial charge in [-0.15, -0.1) is 0 Å². The molecule has 0 bridgehead atoms. The fraction of sp³-hybridized carbons (Fsp3) is 1.00. The molecular formula is C14H28N2OS. The van der Waals surface area contributed by atoms with Crippen LogP contribution in [0.1, 0.15) is 26.2 Å². The highest BCUT2D eigenvalue weighted by Gasteiger charge is 2.28. The van der Waals surface area contributed by atoms with Crippen molar-refractivity contribution in [3.05, 3.63) is 0 Å². The molecule has 2 unspecified atom stereocenters. The van der Waals surface area contributed by atoms with Crippen LogP contribution in [0.5, 0.6) is 0 Å². The summed E-state index contributed by atoms with van der Waals surface area (Å²) < 4.78 is 5.43. The predicted molar refractivity (Wildman–Crippen MR) is 79.5 cm³/mol. The zero-order valence-corrected chi connectivity index (χ0v) is 12.6. The van der Waals surface area contributed by atoms with Crippen molar-refractivity contribution in [1.82, 2.24) is 9.80 Å². The second-order valence-corrected chi connectivity index (χ2v) is 6.24. The number of hydrogen-bond acceptors (Lipinski definition) is 4. The summed E-state index contributed by atoms with van der Waals surface area (Å²) in [5, 5.41) is 0. The van der Waals surface area contributed by atoms with Gasteiger partial charge in [0.15, 0.2) is 0 Å². The molecule has 0 aromatic heterocycles. The van der Waals surface area contributed by atoms with E-state index in [1.165, 1.54) is 38.9 Å². The third-order valence-corrected chi connectivity index (χ3v) is 4.63. The van der Waals surface area contributed by atoms with E-state index in [9.17, 15) is 0 Å². The van der Waals surface area contributed by atoms with Crippen LogP contribution in [0, 0.1) is 5.92 Å². The summed E-state index contributed by atoms with van der Waals surface area (Å²) in [5.74, 6) is 1.85. The Bertz CT molecular complexity index is 234. The van der Waals surface area contributed by atoms with E-state index in [4.69, 9.17) is 4.74 Å². The van der Waals surface area contributed by atoms with Gasteiger partial charge in [-0.1, -0.05) is 6.92 Å². The van der Waals surface area contributed by atoms with E-state index < -0.39 is 0 Å². The molecule has 0 amide bonds. The van der Waals surface area contributed by atoms with Gasteiger partial charge in [-0.2, -0.15) is 12.6 Å². The Kier molecular flexibility index (Phi) is 6.29. The summed E-state index contributed by atoms with van der Waals surface area (Å²) >= 11 is 4.31. The van der Waals surface area contributed by atoms with Crippen LogP contribution >= 0.6 is 12.6 Å².